The summed E-state index contributed by atoms with van der Waals surface area (Å²) in [6.07, 6.45) is 7.16. The Morgan fingerprint density at radius 1 is 1.21 bits per heavy atom. The smallest absolute Gasteiger partial charge is 0.220 e. The maximum absolute atomic E-state index is 13.1. The molecule has 5 heteroatoms. The van der Waals surface area contributed by atoms with E-state index in [1.165, 1.54) is 31.4 Å². The van der Waals surface area contributed by atoms with Crippen LogP contribution in [0, 0.1) is 12.7 Å². The molecular formula is C19H28FNO3. The molecule has 4 nitrogen and oxygen atoms in total. The van der Waals surface area contributed by atoms with Crippen LogP contribution in [0.2, 0.25) is 0 Å². The average Bonchev–Trinajstić information content (AvgIpc) is 2.58. The highest BCUT2D eigenvalue weighted by Crippen LogP contribution is 2.19. The van der Waals surface area contributed by atoms with Crippen molar-refractivity contribution in [3.05, 3.63) is 29.6 Å². The highest BCUT2D eigenvalue weighted by molar-refractivity contribution is 5.76. The molecule has 0 bridgehead atoms. The van der Waals surface area contributed by atoms with Gasteiger partial charge in [-0.25, -0.2) is 4.39 Å². The summed E-state index contributed by atoms with van der Waals surface area (Å²) in [7, 11) is 0. The number of carbonyl (C=O) groups excluding carboxylic acids is 1. The van der Waals surface area contributed by atoms with Crippen LogP contribution in [-0.2, 0) is 9.53 Å². The van der Waals surface area contributed by atoms with Crippen molar-refractivity contribution in [2.45, 2.75) is 57.9 Å². The summed E-state index contributed by atoms with van der Waals surface area (Å²) >= 11 is 0. The number of amides is 1. The van der Waals surface area contributed by atoms with E-state index in [4.69, 9.17) is 9.47 Å². The first kappa shape index (κ1) is 18.7. The third-order valence-electron chi connectivity index (χ3n) is 4.30. The van der Waals surface area contributed by atoms with Gasteiger partial charge in [0.05, 0.1) is 6.61 Å². The van der Waals surface area contributed by atoms with Gasteiger partial charge in [-0.1, -0.05) is 25.3 Å². The second-order valence-corrected chi connectivity index (χ2v) is 6.38. The van der Waals surface area contributed by atoms with Crippen LogP contribution in [0.5, 0.6) is 5.75 Å². The Labute approximate surface area is 143 Å². The first-order valence-electron chi connectivity index (χ1n) is 8.91. The normalized spacial score (nSPS) is 15.2. The van der Waals surface area contributed by atoms with Gasteiger partial charge in [-0.05, 0) is 37.8 Å². The molecule has 1 aliphatic rings. The SMILES string of the molecule is Cc1ccc(F)cc1OCCOCCCC(=O)NC1CCCCC1. The topological polar surface area (TPSA) is 47.6 Å². The van der Waals surface area contributed by atoms with Crippen LogP contribution in [0.4, 0.5) is 4.39 Å². The number of hydrogen-bond donors (Lipinski definition) is 1. The van der Waals surface area contributed by atoms with E-state index in [-0.39, 0.29) is 11.7 Å². The van der Waals surface area contributed by atoms with E-state index in [0.29, 0.717) is 44.5 Å². The Morgan fingerprint density at radius 2 is 2.00 bits per heavy atom. The minimum Gasteiger partial charge on any atom is -0.491 e. The van der Waals surface area contributed by atoms with Crippen molar-refractivity contribution in [1.82, 2.24) is 5.32 Å². The van der Waals surface area contributed by atoms with Crippen LogP contribution in [-0.4, -0.2) is 31.8 Å². The lowest BCUT2D eigenvalue weighted by Gasteiger charge is -2.22. The molecule has 1 fully saturated rings. The molecule has 0 saturated heterocycles. The fourth-order valence-corrected chi connectivity index (χ4v) is 2.92. The lowest BCUT2D eigenvalue weighted by Crippen LogP contribution is -2.36. The van der Waals surface area contributed by atoms with Gasteiger partial charge >= 0.3 is 0 Å². The van der Waals surface area contributed by atoms with Crippen LogP contribution < -0.4 is 10.1 Å². The lowest BCUT2D eigenvalue weighted by molar-refractivity contribution is -0.122. The summed E-state index contributed by atoms with van der Waals surface area (Å²) in [6, 6.07) is 4.86. The summed E-state index contributed by atoms with van der Waals surface area (Å²) in [4.78, 5) is 11.8. The van der Waals surface area contributed by atoms with Gasteiger partial charge in [0, 0.05) is 25.1 Å². The monoisotopic (exact) mass is 337 g/mol. The maximum Gasteiger partial charge on any atom is 0.220 e. The van der Waals surface area contributed by atoms with Crippen LogP contribution in [0.1, 0.15) is 50.5 Å². The van der Waals surface area contributed by atoms with E-state index in [0.717, 1.165) is 18.4 Å². The Morgan fingerprint density at radius 3 is 2.79 bits per heavy atom. The van der Waals surface area contributed by atoms with Gasteiger partial charge in [0.1, 0.15) is 18.2 Å². The van der Waals surface area contributed by atoms with Crippen molar-refractivity contribution in [3.8, 4) is 5.75 Å². The Kier molecular flexibility index (Phi) is 8.02. The fraction of sp³-hybridized carbons (Fsp3) is 0.632. The third-order valence-corrected chi connectivity index (χ3v) is 4.30. The molecule has 1 saturated carbocycles. The molecule has 0 heterocycles. The molecule has 1 N–H and O–H groups in total. The molecule has 0 aliphatic heterocycles. The van der Waals surface area contributed by atoms with Gasteiger partial charge in [-0.3, -0.25) is 4.79 Å². The molecule has 0 atom stereocenters. The predicted octanol–water partition coefficient (Wildman–Crippen LogP) is 3.76. The summed E-state index contributed by atoms with van der Waals surface area (Å²) in [5.41, 5.74) is 0.899. The summed E-state index contributed by atoms with van der Waals surface area (Å²) < 4.78 is 24.1. The van der Waals surface area contributed by atoms with E-state index in [2.05, 4.69) is 5.32 Å². The molecule has 0 spiro atoms. The number of benzene rings is 1. The van der Waals surface area contributed by atoms with Crippen molar-refractivity contribution in [1.29, 1.82) is 0 Å². The third kappa shape index (κ3) is 6.87. The molecule has 1 amide bonds. The molecular weight excluding hydrogens is 309 g/mol. The van der Waals surface area contributed by atoms with Crippen molar-refractivity contribution in [2.75, 3.05) is 19.8 Å². The first-order valence-corrected chi connectivity index (χ1v) is 8.91. The second-order valence-electron chi connectivity index (χ2n) is 6.38. The number of hydrogen-bond acceptors (Lipinski definition) is 3. The molecule has 0 radical (unpaired) electrons. The minimum atomic E-state index is -0.305. The standard InChI is InChI=1S/C19H28FNO3/c1-15-9-10-16(20)14-18(15)24-13-12-23-11-5-8-19(22)21-17-6-3-2-4-7-17/h9-10,14,17H,2-8,11-13H2,1H3,(H,21,22). The Hall–Kier alpha value is -1.62. The Bertz CT molecular complexity index is 515. The molecule has 0 unspecified atom stereocenters. The summed E-state index contributed by atoms with van der Waals surface area (Å²) in [5, 5.41) is 3.10. The predicted molar refractivity (Wildman–Crippen MR) is 91.7 cm³/mol. The van der Waals surface area contributed by atoms with Crippen LogP contribution in [0.15, 0.2) is 18.2 Å². The van der Waals surface area contributed by atoms with Crippen molar-refractivity contribution in [3.63, 3.8) is 0 Å². The highest BCUT2D eigenvalue weighted by Gasteiger charge is 2.15. The number of aryl methyl sites for hydroxylation is 1. The molecule has 0 aromatic heterocycles. The van der Waals surface area contributed by atoms with Crippen molar-refractivity contribution in [2.24, 2.45) is 0 Å². The van der Waals surface area contributed by atoms with Gasteiger partial charge in [-0.2, -0.15) is 0 Å². The second kappa shape index (κ2) is 10.3. The first-order chi connectivity index (χ1) is 11.6. The minimum absolute atomic E-state index is 0.122. The average molecular weight is 337 g/mol. The Balaban J connectivity index is 1.49. The lowest BCUT2D eigenvalue weighted by atomic mass is 9.95. The zero-order chi connectivity index (χ0) is 17.2. The largest absolute Gasteiger partial charge is 0.491 e. The molecule has 1 aromatic carbocycles. The maximum atomic E-state index is 13.1. The van der Waals surface area contributed by atoms with Gasteiger partial charge in [-0.15, -0.1) is 0 Å². The molecule has 134 valence electrons. The zero-order valence-corrected chi connectivity index (χ0v) is 14.5. The van der Waals surface area contributed by atoms with Crippen molar-refractivity contribution >= 4 is 5.91 Å². The van der Waals surface area contributed by atoms with Crippen LogP contribution in [0.25, 0.3) is 0 Å². The quantitative estimate of drug-likeness (QED) is 0.698. The number of ether oxygens (including phenoxy) is 2. The van der Waals surface area contributed by atoms with E-state index < -0.39 is 0 Å². The summed E-state index contributed by atoms with van der Waals surface area (Å²) in [6.45, 7) is 3.21. The van der Waals surface area contributed by atoms with E-state index in [1.807, 2.05) is 6.92 Å². The van der Waals surface area contributed by atoms with Gasteiger partial charge in [0.15, 0.2) is 0 Å². The molecule has 24 heavy (non-hydrogen) atoms. The number of nitrogens with one attached hydrogen (secondary N) is 1. The van der Waals surface area contributed by atoms with Gasteiger partial charge in [0.2, 0.25) is 5.91 Å². The number of carbonyl (C=O) groups is 1. The molecule has 1 aliphatic carbocycles. The fourth-order valence-electron chi connectivity index (χ4n) is 2.92. The van der Waals surface area contributed by atoms with E-state index >= 15 is 0 Å². The highest BCUT2D eigenvalue weighted by atomic mass is 19.1. The van der Waals surface area contributed by atoms with E-state index in [9.17, 15) is 9.18 Å². The summed E-state index contributed by atoms with van der Waals surface area (Å²) in [5.74, 6) is 0.364. The van der Waals surface area contributed by atoms with Crippen LogP contribution >= 0.6 is 0 Å². The number of halogens is 1. The number of rotatable bonds is 9. The van der Waals surface area contributed by atoms with Gasteiger partial charge in [0.25, 0.3) is 0 Å². The molecule has 1 aromatic rings. The molecule has 2 rings (SSSR count). The zero-order valence-electron chi connectivity index (χ0n) is 14.5. The van der Waals surface area contributed by atoms with E-state index in [1.54, 1.807) is 6.07 Å². The van der Waals surface area contributed by atoms with Crippen molar-refractivity contribution < 1.29 is 18.7 Å². The van der Waals surface area contributed by atoms with Gasteiger partial charge < -0.3 is 14.8 Å². The van der Waals surface area contributed by atoms with Crippen LogP contribution in [0.3, 0.4) is 0 Å².